The van der Waals surface area contributed by atoms with Gasteiger partial charge in [0.1, 0.15) is 36.0 Å². The maximum Gasteiger partial charge on any atom is 0.469 e. The highest BCUT2D eigenvalue weighted by molar-refractivity contribution is 7.46. The topological polar surface area (TPSA) is 334 Å². The summed E-state index contributed by atoms with van der Waals surface area (Å²) in [5.41, 5.74) is 9.23. The number of nitrogens with zero attached hydrogens (tertiary/aromatic N) is 7. The van der Waals surface area contributed by atoms with E-state index in [1.54, 1.807) is 0 Å². The summed E-state index contributed by atoms with van der Waals surface area (Å²) in [6.07, 6.45) is -3.45. The lowest BCUT2D eigenvalue weighted by Crippen LogP contribution is -2.49. The average Bonchev–Trinajstić information content (AvgIpc) is 3.68. The maximum atomic E-state index is 12.2. The third-order valence-electron chi connectivity index (χ3n) is 7.32. The molecule has 4 aromatic rings. The van der Waals surface area contributed by atoms with Gasteiger partial charge in [-0.2, -0.15) is 4.98 Å². The molecule has 44 heavy (non-hydrogen) atoms. The van der Waals surface area contributed by atoms with Crippen LogP contribution in [-0.2, 0) is 27.7 Å². The number of nitrogens with two attached hydrogens (primary N) is 2. The second-order valence-corrected chi connectivity index (χ2v) is 12.6. The zero-order valence-corrected chi connectivity index (χ0v) is 24.0. The fourth-order valence-electron chi connectivity index (χ4n) is 5.47. The SMILES string of the molecule is Nc1nc2c(ncn2C2CC(O)C(CC3(COP(=O)(O)O)OC(n4cnc5c(N)ncnc54)CC3OP(=O)([O-])O)O2)c(=O)[nH]1. The zero-order valence-electron chi connectivity index (χ0n) is 22.2. The predicted molar refractivity (Wildman–Crippen MR) is 142 cm³/mol. The van der Waals surface area contributed by atoms with Gasteiger partial charge in [-0.1, -0.05) is 0 Å². The molecule has 0 aliphatic carbocycles. The number of ether oxygens (including phenoxy) is 2. The van der Waals surface area contributed by atoms with Gasteiger partial charge in [-0.05, 0) is 0 Å². The molecule has 2 fully saturated rings. The Labute approximate surface area is 244 Å². The standard InChI is InChI=1S/C20H26N10O12P2/c21-15-13-16(24-5-23-15)30(6-25-13)12-2-10(42-44(36,37)38)20(41-12,4-39-43(33,34)35)3-9-8(31)1-11(40-9)29-7-26-14-17(29)27-19(22)28-18(14)32/h5-12,31H,1-4H2,(H2,21,23,24)(H2,33,34,35)(H2,36,37,38)(H3,22,27,28,32)/p-1. The zero-order chi connectivity index (χ0) is 31.6. The first-order valence-corrected chi connectivity index (χ1v) is 15.7. The molecule has 238 valence electrons. The maximum absolute atomic E-state index is 12.2. The summed E-state index contributed by atoms with van der Waals surface area (Å²) < 4.78 is 48.4. The second kappa shape index (κ2) is 10.9. The summed E-state index contributed by atoms with van der Waals surface area (Å²) in [4.78, 5) is 75.3. The van der Waals surface area contributed by atoms with Crippen LogP contribution in [0.25, 0.3) is 22.3 Å². The molecule has 2 aliphatic heterocycles. The lowest BCUT2D eigenvalue weighted by atomic mass is 9.89. The van der Waals surface area contributed by atoms with Gasteiger partial charge < -0.3 is 50.1 Å². The molecule has 0 radical (unpaired) electrons. The molecule has 0 aromatic carbocycles. The van der Waals surface area contributed by atoms with Gasteiger partial charge in [0, 0.05) is 19.3 Å². The summed E-state index contributed by atoms with van der Waals surface area (Å²) in [7, 11) is -10.7. The Bertz CT molecular complexity index is 1870. The van der Waals surface area contributed by atoms with Crippen LogP contribution in [0.4, 0.5) is 11.8 Å². The van der Waals surface area contributed by atoms with E-state index < -0.39 is 70.6 Å². The first kappa shape index (κ1) is 30.6. The average molecular weight is 659 g/mol. The molecule has 6 rings (SSSR count). The van der Waals surface area contributed by atoms with Crippen molar-refractivity contribution in [3.8, 4) is 0 Å². The Morgan fingerprint density at radius 2 is 1.77 bits per heavy atom. The number of aliphatic hydroxyl groups is 1. The van der Waals surface area contributed by atoms with E-state index in [0.717, 1.165) is 6.33 Å². The van der Waals surface area contributed by atoms with E-state index in [4.69, 9.17) is 30.0 Å². The first-order valence-electron chi connectivity index (χ1n) is 12.7. The number of nitrogens with one attached hydrogen (secondary N) is 1. The van der Waals surface area contributed by atoms with Crippen molar-refractivity contribution in [3.05, 3.63) is 29.3 Å². The number of rotatable bonds is 9. The molecule has 0 amide bonds. The van der Waals surface area contributed by atoms with Crippen molar-refractivity contribution in [1.82, 2.24) is 39.0 Å². The Balaban J connectivity index is 1.36. The summed E-state index contributed by atoms with van der Waals surface area (Å²) in [6, 6.07) is 0. The molecule has 9 N–H and O–H groups in total. The van der Waals surface area contributed by atoms with Gasteiger partial charge in [0.15, 0.2) is 22.6 Å². The number of phosphoric acid groups is 2. The number of fused-ring (bicyclic) bond motifs is 2. The van der Waals surface area contributed by atoms with E-state index in [1.165, 1.54) is 21.8 Å². The number of anilines is 2. The van der Waals surface area contributed by atoms with E-state index in [-0.39, 0.29) is 46.9 Å². The van der Waals surface area contributed by atoms with Crippen molar-refractivity contribution >= 4 is 49.7 Å². The Morgan fingerprint density at radius 3 is 2.48 bits per heavy atom. The number of aromatic amines is 1. The normalized spacial score (nSPS) is 29.1. The van der Waals surface area contributed by atoms with Crippen LogP contribution >= 0.6 is 15.6 Å². The third-order valence-corrected chi connectivity index (χ3v) is 8.31. The van der Waals surface area contributed by atoms with E-state index in [1.807, 2.05) is 0 Å². The van der Waals surface area contributed by atoms with Crippen molar-refractivity contribution < 1.29 is 52.3 Å². The van der Waals surface area contributed by atoms with Crippen molar-refractivity contribution in [2.45, 2.75) is 55.6 Å². The fraction of sp³-hybridized carbons (Fsp3) is 0.500. The molecule has 0 saturated carbocycles. The van der Waals surface area contributed by atoms with Crippen LogP contribution in [0.15, 0.2) is 23.8 Å². The lowest BCUT2D eigenvalue weighted by molar-refractivity contribution is -0.232. The summed E-state index contributed by atoms with van der Waals surface area (Å²) in [6.45, 7) is -0.971. The van der Waals surface area contributed by atoms with E-state index in [2.05, 4.69) is 29.9 Å². The van der Waals surface area contributed by atoms with E-state index in [9.17, 15) is 38.6 Å². The number of phosphoric ester groups is 2. The minimum absolute atomic E-state index is 0.0360. The number of hydrogen-bond donors (Lipinski definition) is 7. The molecule has 24 heteroatoms. The molecule has 0 spiro atoms. The molecule has 6 heterocycles. The molecule has 2 saturated heterocycles. The van der Waals surface area contributed by atoms with Crippen LogP contribution in [0.2, 0.25) is 0 Å². The Morgan fingerprint density at radius 1 is 1.07 bits per heavy atom. The number of imidazole rings is 2. The lowest BCUT2D eigenvalue weighted by Gasteiger charge is -2.37. The number of hydrogen-bond acceptors (Lipinski definition) is 16. The molecule has 7 atom stereocenters. The van der Waals surface area contributed by atoms with Gasteiger partial charge in [0.25, 0.3) is 13.4 Å². The highest BCUT2D eigenvalue weighted by atomic mass is 31.2. The van der Waals surface area contributed by atoms with E-state index in [0.29, 0.717) is 0 Å². The minimum Gasteiger partial charge on any atom is -0.756 e. The first-order chi connectivity index (χ1) is 20.6. The van der Waals surface area contributed by atoms with Gasteiger partial charge in [-0.15, -0.1) is 0 Å². The summed E-state index contributed by atoms with van der Waals surface area (Å²) >= 11 is 0. The Hall–Kier alpha value is -3.40. The number of aliphatic hydroxyl groups excluding tert-OH is 1. The minimum atomic E-state index is -5.49. The molecular weight excluding hydrogens is 634 g/mol. The van der Waals surface area contributed by atoms with Gasteiger partial charge in [0.05, 0.1) is 31.5 Å². The van der Waals surface area contributed by atoms with Crippen LogP contribution in [0.1, 0.15) is 31.7 Å². The van der Waals surface area contributed by atoms with Gasteiger partial charge in [-0.3, -0.25) is 28.0 Å². The largest absolute Gasteiger partial charge is 0.756 e. The molecule has 7 unspecified atom stereocenters. The van der Waals surface area contributed by atoms with Crippen LogP contribution in [0.5, 0.6) is 0 Å². The molecule has 4 aromatic heterocycles. The number of aromatic nitrogens is 8. The highest BCUT2D eigenvalue weighted by Crippen LogP contribution is 2.51. The van der Waals surface area contributed by atoms with Crippen molar-refractivity contribution in [3.63, 3.8) is 0 Å². The van der Waals surface area contributed by atoms with Gasteiger partial charge in [-0.25, -0.2) is 24.5 Å². The molecule has 2 aliphatic rings. The smallest absolute Gasteiger partial charge is 0.469 e. The van der Waals surface area contributed by atoms with Crippen LogP contribution in [0, 0.1) is 0 Å². The van der Waals surface area contributed by atoms with E-state index >= 15 is 0 Å². The van der Waals surface area contributed by atoms with Gasteiger partial charge >= 0.3 is 7.82 Å². The fourth-order valence-corrected chi connectivity index (χ4v) is 6.45. The highest BCUT2D eigenvalue weighted by Gasteiger charge is 2.56. The van der Waals surface area contributed by atoms with Crippen LogP contribution in [-0.4, -0.2) is 89.3 Å². The van der Waals surface area contributed by atoms with Crippen LogP contribution < -0.4 is 21.9 Å². The summed E-state index contributed by atoms with van der Waals surface area (Å²) in [5.74, 6) is -0.155. The Kier molecular flexibility index (Phi) is 7.58. The number of H-pyrrole nitrogens is 1. The summed E-state index contributed by atoms with van der Waals surface area (Å²) in [5, 5.41) is 11.0. The molecule has 22 nitrogen and oxygen atoms in total. The quantitative estimate of drug-likeness (QED) is 0.0935. The monoisotopic (exact) mass is 659 g/mol. The number of nitrogen functional groups attached to an aromatic ring is 2. The second-order valence-electron chi connectivity index (χ2n) is 10.2. The molecular formula is C20H25N10O12P2-. The van der Waals surface area contributed by atoms with Crippen molar-refractivity contribution in [2.75, 3.05) is 18.1 Å². The predicted octanol–water partition coefficient (Wildman–Crippen LogP) is -2.22. The van der Waals surface area contributed by atoms with Crippen LogP contribution in [0.3, 0.4) is 0 Å². The molecule has 0 bridgehead atoms. The third kappa shape index (κ3) is 5.85. The van der Waals surface area contributed by atoms with Crippen molar-refractivity contribution in [2.24, 2.45) is 0 Å². The van der Waals surface area contributed by atoms with Gasteiger partial charge in [0.2, 0.25) is 5.95 Å². The van der Waals surface area contributed by atoms with Crippen molar-refractivity contribution in [1.29, 1.82) is 0 Å².